The van der Waals surface area contributed by atoms with Crippen LogP contribution < -0.4 is 5.32 Å². The van der Waals surface area contributed by atoms with Gasteiger partial charge in [-0.25, -0.2) is 0 Å². The van der Waals surface area contributed by atoms with E-state index in [-0.39, 0.29) is 0 Å². The Morgan fingerprint density at radius 3 is 2.50 bits per heavy atom. The zero-order valence-electron chi connectivity index (χ0n) is 6.36. The normalized spacial score (nSPS) is 31.2. The van der Waals surface area contributed by atoms with Gasteiger partial charge in [-0.1, -0.05) is 19.3 Å². The highest BCUT2D eigenvalue weighted by molar-refractivity contribution is 8.00. The van der Waals surface area contributed by atoms with E-state index in [1.54, 1.807) is 0 Å². The fourth-order valence-corrected chi connectivity index (χ4v) is 3.40. The van der Waals surface area contributed by atoms with Gasteiger partial charge in [0.05, 0.1) is 4.87 Å². The van der Waals surface area contributed by atoms with Crippen LogP contribution >= 0.6 is 11.8 Å². The van der Waals surface area contributed by atoms with Gasteiger partial charge >= 0.3 is 0 Å². The Labute approximate surface area is 67.0 Å². The van der Waals surface area contributed by atoms with Crippen LogP contribution in [0.15, 0.2) is 0 Å². The zero-order valence-corrected chi connectivity index (χ0v) is 7.17. The molecule has 1 saturated carbocycles. The Morgan fingerprint density at radius 1 is 1.10 bits per heavy atom. The summed E-state index contributed by atoms with van der Waals surface area (Å²) in [5, 5.41) is 3.63. The van der Waals surface area contributed by atoms with Gasteiger partial charge < -0.3 is 5.32 Å². The van der Waals surface area contributed by atoms with E-state index in [4.69, 9.17) is 0 Å². The first-order valence-corrected chi connectivity index (χ1v) is 5.29. The van der Waals surface area contributed by atoms with Gasteiger partial charge in [0.1, 0.15) is 0 Å². The molecule has 1 aliphatic heterocycles. The maximum Gasteiger partial charge on any atom is 0.0645 e. The molecule has 0 aromatic heterocycles. The summed E-state index contributed by atoms with van der Waals surface area (Å²) in [6.45, 7) is 1.24. The van der Waals surface area contributed by atoms with E-state index >= 15 is 0 Å². The topological polar surface area (TPSA) is 12.0 Å². The molecule has 1 spiro atoms. The molecule has 0 amide bonds. The molecule has 0 aromatic carbocycles. The number of thioether (sulfide) groups is 1. The third kappa shape index (κ3) is 1.19. The first kappa shape index (κ1) is 6.99. The molecule has 0 aromatic rings. The monoisotopic (exact) mass is 157 g/mol. The van der Waals surface area contributed by atoms with Crippen molar-refractivity contribution in [3.63, 3.8) is 0 Å². The summed E-state index contributed by atoms with van der Waals surface area (Å²) in [5.74, 6) is 1.33. The van der Waals surface area contributed by atoms with Gasteiger partial charge in [-0.05, 0) is 12.8 Å². The van der Waals surface area contributed by atoms with Gasteiger partial charge in [0, 0.05) is 12.3 Å². The summed E-state index contributed by atoms with van der Waals surface area (Å²) in [6, 6.07) is 0. The molecule has 2 heteroatoms. The molecule has 2 fully saturated rings. The number of hydrogen-bond acceptors (Lipinski definition) is 2. The van der Waals surface area contributed by atoms with E-state index < -0.39 is 0 Å². The van der Waals surface area contributed by atoms with Crippen molar-refractivity contribution in [1.29, 1.82) is 0 Å². The number of rotatable bonds is 0. The highest BCUT2D eigenvalue weighted by atomic mass is 32.2. The van der Waals surface area contributed by atoms with Crippen LogP contribution in [0.4, 0.5) is 0 Å². The third-order valence-electron chi connectivity index (χ3n) is 2.59. The lowest BCUT2D eigenvalue weighted by molar-refractivity contribution is 0.357. The lowest BCUT2D eigenvalue weighted by Crippen LogP contribution is -2.38. The largest absolute Gasteiger partial charge is 0.302 e. The Bertz CT molecular complexity index is 110. The molecule has 2 rings (SSSR count). The fraction of sp³-hybridized carbons (Fsp3) is 1.00. The molecule has 2 aliphatic rings. The van der Waals surface area contributed by atoms with Crippen LogP contribution in [0, 0.1) is 0 Å². The molecule has 0 atom stereocenters. The molecule has 1 saturated heterocycles. The fourth-order valence-electron chi connectivity index (χ4n) is 2.02. The van der Waals surface area contributed by atoms with Gasteiger partial charge in [-0.15, -0.1) is 11.8 Å². The molecule has 1 heterocycles. The minimum absolute atomic E-state index is 0.540. The Morgan fingerprint density at radius 2 is 1.90 bits per heavy atom. The van der Waals surface area contributed by atoms with Crippen LogP contribution in [-0.4, -0.2) is 17.2 Å². The Hall–Kier alpha value is 0.310. The van der Waals surface area contributed by atoms with Crippen molar-refractivity contribution in [3.8, 4) is 0 Å². The Kier molecular flexibility index (Phi) is 1.92. The number of hydrogen-bond donors (Lipinski definition) is 1. The molecular formula is C8H15NS. The average Bonchev–Trinajstić information content (AvgIpc) is 2.39. The van der Waals surface area contributed by atoms with Crippen molar-refractivity contribution in [2.75, 3.05) is 12.3 Å². The van der Waals surface area contributed by atoms with Gasteiger partial charge in [-0.3, -0.25) is 0 Å². The molecule has 0 radical (unpaired) electrons. The predicted octanol–water partition coefficient (Wildman–Crippen LogP) is 1.98. The zero-order chi connectivity index (χ0) is 6.86. The van der Waals surface area contributed by atoms with Gasteiger partial charge in [0.15, 0.2) is 0 Å². The first-order chi connectivity index (χ1) is 4.91. The molecule has 10 heavy (non-hydrogen) atoms. The van der Waals surface area contributed by atoms with Crippen LogP contribution in [0.5, 0.6) is 0 Å². The SMILES string of the molecule is C1CCC2(CC1)NCCS2. The quantitative estimate of drug-likeness (QED) is 0.577. The van der Waals surface area contributed by atoms with E-state index in [1.165, 1.54) is 44.4 Å². The van der Waals surface area contributed by atoms with Crippen molar-refractivity contribution in [1.82, 2.24) is 5.32 Å². The third-order valence-corrected chi connectivity index (χ3v) is 4.10. The molecule has 1 aliphatic carbocycles. The first-order valence-electron chi connectivity index (χ1n) is 4.30. The van der Waals surface area contributed by atoms with Crippen LogP contribution in [-0.2, 0) is 0 Å². The molecular weight excluding hydrogens is 142 g/mol. The van der Waals surface area contributed by atoms with Crippen LogP contribution in [0.1, 0.15) is 32.1 Å². The smallest absolute Gasteiger partial charge is 0.0645 e. The van der Waals surface area contributed by atoms with E-state index in [0.717, 1.165) is 0 Å². The van der Waals surface area contributed by atoms with Gasteiger partial charge in [0.2, 0.25) is 0 Å². The minimum Gasteiger partial charge on any atom is -0.302 e. The van der Waals surface area contributed by atoms with Crippen LogP contribution in [0.3, 0.4) is 0 Å². The summed E-state index contributed by atoms with van der Waals surface area (Å²) in [6.07, 6.45) is 7.18. The Balaban J connectivity index is 1.98. The van der Waals surface area contributed by atoms with Crippen LogP contribution in [0.2, 0.25) is 0 Å². The maximum atomic E-state index is 3.63. The molecule has 1 N–H and O–H groups in total. The molecule has 0 bridgehead atoms. The minimum atomic E-state index is 0.540. The molecule has 0 unspecified atom stereocenters. The summed E-state index contributed by atoms with van der Waals surface area (Å²) in [7, 11) is 0. The van der Waals surface area contributed by atoms with E-state index in [0.29, 0.717) is 4.87 Å². The lowest BCUT2D eigenvalue weighted by atomic mass is 9.95. The van der Waals surface area contributed by atoms with E-state index in [9.17, 15) is 0 Å². The van der Waals surface area contributed by atoms with Gasteiger partial charge in [-0.2, -0.15) is 0 Å². The van der Waals surface area contributed by atoms with Crippen molar-refractivity contribution >= 4 is 11.8 Å². The second-order valence-corrected chi connectivity index (χ2v) is 4.81. The summed E-state index contributed by atoms with van der Waals surface area (Å²) in [4.78, 5) is 0.540. The summed E-state index contributed by atoms with van der Waals surface area (Å²) >= 11 is 2.15. The predicted molar refractivity (Wildman–Crippen MR) is 46.3 cm³/mol. The maximum absolute atomic E-state index is 3.63. The second-order valence-electron chi connectivity index (χ2n) is 3.33. The highest BCUT2D eigenvalue weighted by Crippen LogP contribution is 2.40. The van der Waals surface area contributed by atoms with Crippen LogP contribution in [0.25, 0.3) is 0 Å². The molecule has 58 valence electrons. The number of nitrogens with one attached hydrogen (secondary N) is 1. The van der Waals surface area contributed by atoms with E-state index in [2.05, 4.69) is 17.1 Å². The standard InChI is InChI=1S/C8H15NS/c1-2-4-8(5-3-1)9-6-7-10-8/h9H,1-7H2. The van der Waals surface area contributed by atoms with Crippen molar-refractivity contribution in [2.24, 2.45) is 0 Å². The summed E-state index contributed by atoms with van der Waals surface area (Å²) in [5.41, 5.74) is 0. The van der Waals surface area contributed by atoms with Crippen molar-refractivity contribution < 1.29 is 0 Å². The van der Waals surface area contributed by atoms with Crippen molar-refractivity contribution in [3.05, 3.63) is 0 Å². The van der Waals surface area contributed by atoms with E-state index in [1.807, 2.05) is 0 Å². The lowest BCUT2D eigenvalue weighted by Gasteiger charge is -2.32. The van der Waals surface area contributed by atoms with Crippen molar-refractivity contribution in [2.45, 2.75) is 37.0 Å². The average molecular weight is 157 g/mol. The van der Waals surface area contributed by atoms with Gasteiger partial charge in [0.25, 0.3) is 0 Å². The highest BCUT2D eigenvalue weighted by Gasteiger charge is 2.34. The second kappa shape index (κ2) is 2.74. The summed E-state index contributed by atoms with van der Waals surface area (Å²) < 4.78 is 0. The molecule has 1 nitrogen and oxygen atoms in total.